The largest absolute Gasteiger partial charge is 0.369 e. The Hall–Kier alpha value is -2.37. The zero-order chi connectivity index (χ0) is 19.5. The quantitative estimate of drug-likeness (QED) is 0.431. The number of hydrogen-bond donors (Lipinski definition) is 3. The van der Waals surface area contributed by atoms with Gasteiger partial charge in [0.1, 0.15) is 0 Å². The first-order valence-electron chi connectivity index (χ1n) is 9.80. The van der Waals surface area contributed by atoms with Gasteiger partial charge in [-0.25, -0.2) is 5.48 Å². The van der Waals surface area contributed by atoms with Crippen molar-refractivity contribution in [3.05, 3.63) is 65.8 Å². The van der Waals surface area contributed by atoms with Crippen molar-refractivity contribution in [2.45, 2.75) is 32.6 Å². The van der Waals surface area contributed by atoms with Crippen molar-refractivity contribution in [1.29, 1.82) is 0 Å². The number of carbonyl (C=O) groups excluding carboxylic acids is 1. The third kappa shape index (κ3) is 5.81. The zero-order valence-electron chi connectivity index (χ0n) is 16.3. The van der Waals surface area contributed by atoms with Crippen molar-refractivity contribution in [2.24, 2.45) is 0 Å². The van der Waals surface area contributed by atoms with E-state index in [1.807, 2.05) is 49.7 Å². The van der Waals surface area contributed by atoms with Crippen LogP contribution in [0.2, 0.25) is 0 Å². The van der Waals surface area contributed by atoms with Gasteiger partial charge in [0.25, 0.3) is 5.91 Å². The summed E-state index contributed by atoms with van der Waals surface area (Å²) in [6.45, 7) is 7.96. The molecule has 2 aliphatic rings. The highest BCUT2D eigenvalue weighted by Gasteiger charge is 2.24. The van der Waals surface area contributed by atoms with Crippen LogP contribution in [-0.4, -0.2) is 37.3 Å². The molecule has 0 aromatic heterocycles. The molecule has 3 rings (SSSR count). The lowest BCUT2D eigenvalue weighted by Gasteiger charge is -2.30. The first-order chi connectivity index (χ1) is 13.3. The number of nitrogens with zero attached hydrogens (tertiary/aromatic N) is 1. The molecule has 1 unspecified atom stereocenters. The molecule has 5 heteroatoms. The molecule has 5 nitrogen and oxygen atoms in total. The van der Waals surface area contributed by atoms with Crippen molar-refractivity contribution in [3.8, 4) is 0 Å². The molecular formula is C22H31N3O2. The Balaban J connectivity index is 0.00000126. The predicted octanol–water partition coefficient (Wildman–Crippen LogP) is 3.54. The lowest BCUT2D eigenvalue weighted by atomic mass is 9.87. The number of hydrogen-bond acceptors (Lipinski definition) is 4. The Labute approximate surface area is 162 Å². The number of nitrogens with one attached hydrogen (secondary N) is 2. The number of amides is 1. The van der Waals surface area contributed by atoms with E-state index in [1.54, 1.807) is 0 Å². The van der Waals surface area contributed by atoms with Gasteiger partial charge in [-0.1, -0.05) is 61.9 Å². The lowest BCUT2D eigenvalue weighted by Crippen LogP contribution is -2.43. The third-order valence-corrected chi connectivity index (χ3v) is 4.70. The molecule has 0 saturated carbocycles. The van der Waals surface area contributed by atoms with Crippen LogP contribution >= 0.6 is 0 Å². The summed E-state index contributed by atoms with van der Waals surface area (Å²) in [5, 5.41) is 12.6. The molecule has 1 atom stereocenters. The Morgan fingerprint density at radius 3 is 2.44 bits per heavy atom. The number of anilines is 1. The van der Waals surface area contributed by atoms with Gasteiger partial charge < -0.3 is 10.2 Å². The van der Waals surface area contributed by atoms with E-state index in [-0.39, 0.29) is 5.91 Å². The molecule has 1 amide bonds. The molecule has 1 heterocycles. The molecule has 1 aliphatic carbocycles. The average molecular weight is 370 g/mol. The predicted molar refractivity (Wildman–Crippen MR) is 111 cm³/mol. The van der Waals surface area contributed by atoms with Gasteiger partial charge >= 0.3 is 0 Å². The molecule has 0 spiro atoms. The topological polar surface area (TPSA) is 64.6 Å². The highest BCUT2D eigenvalue weighted by atomic mass is 16.5. The molecular weight excluding hydrogens is 338 g/mol. The number of allylic oxidation sites excluding steroid dienone is 5. The van der Waals surface area contributed by atoms with Crippen LogP contribution in [0.5, 0.6) is 0 Å². The molecule has 1 fully saturated rings. The van der Waals surface area contributed by atoms with Crippen molar-refractivity contribution in [1.82, 2.24) is 10.8 Å². The Kier molecular flexibility index (Phi) is 8.81. The maximum atomic E-state index is 12.3. The van der Waals surface area contributed by atoms with Crippen LogP contribution in [0.3, 0.4) is 0 Å². The van der Waals surface area contributed by atoms with Crippen LogP contribution < -0.4 is 15.7 Å². The van der Waals surface area contributed by atoms with E-state index < -0.39 is 5.92 Å². The molecule has 1 aromatic rings. The SMILES string of the molecule is CC.O=C(NO)C(C1=CC/C=C\C=C/C1)c1ccc(N2CCNCC2)cc1. The molecule has 1 aromatic carbocycles. The Morgan fingerprint density at radius 1 is 1.11 bits per heavy atom. The smallest absolute Gasteiger partial charge is 0.254 e. The van der Waals surface area contributed by atoms with Crippen LogP contribution in [0, 0.1) is 0 Å². The molecule has 146 valence electrons. The zero-order valence-corrected chi connectivity index (χ0v) is 16.3. The first-order valence-corrected chi connectivity index (χ1v) is 9.80. The summed E-state index contributed by atoms with van der Waals surface area (Å²) < 4.78 is 0. The highest BCUT2D eigenvalue weighted by molar-refractivity contribution is 5.86. The highest BCUT2D eigenvalue weighted by Crippen LogP contribution is 2.30. The summed E-state index contributed by atoms with van der Waals surface area (Å²) in [5.74, 6) is -0.864. The second-order valence-electron chi connectivity index (χ2n) is 6.31. The van der Waals surface area contributed by atoms with Gasteiger partial charge in [0.15, 0.2) is 0 Å². The van der Waals surface area contributed by atoms with Crippen LogP contribution in [0.1, 0.15) is 38.2 Å². The van der Waals surface area contributed by atoms with Gasteiger partial charge in [-0.05, 0) is 30.5 Å². The van der Waals surface area contributed by atoms with E-state index in [9.17, 15) is 10.0 Å². The molecule has 0 bridgehead atoms. The third-order valence-electron chi connectivity index (χ3n) is 4.70. The van der Waals surface area contributed by atoms with Crippen LogP contribution in [-0.2, 0) is 4.79 Å². The van der Waals surface area contributed by atoms with Crippen LogP contribution in [0.15, 0.2) is 60.2 Å². The fourth-order valence-corrected chi connectivity index (χ4v) is 3.38. The minimum absolute atomic E-state index is 0.390. The Bertz CT molecular complexity index is 671. The van der Waals surface area contributed by atoms with Gasteiger partial charge in [0.05, 0.1) is 5.92 Å². The van der Waals surface area contributed by atoms with Gasteiger partial charge in [-0.3, -0.25) is 10.0 Å². The summed E-state index contributed by atoms with van der Waals surface area (Å²) in [6.07, 6.45) is 11.6. The van der Waals surface area contributed by atoms with E-state index >= 15 is 0 Å². The summed E-state index contributed by atoms with van der Waals surface area (Å²) in [5.41, 5.74) is 4.90. The summed E-state index contributed by atoms with van der Waals surface area (Å²) in [4.78, 5) is 14.7. The van der Waals surface area contributed by atoms with E-state index in [0.717, 1.165) is 43.7 Å². The number of benzene rings is 1. The summed E-state index contributed by atoms with van der Waals surface area (Å²) in [7, 11) is 0. The Morgan fingerprint density at radius 2 is 1.78 bits per heavy atom. The second kappa shape index (κ2) is 11.4. The number of carbonyl (C=O) groups is 1. The molecule has 1 saturated heterocycles. The summed E-state index contributed by atoms with van der Waals surface area (Å²) >= 11 is 0. The second-order valence-corrected chi connectivity index (χ2v) is 6.31. The maximum absolute atomic E-state index is 12.3. The van der Waals surface area contributed by atoms with Gasteiger partial charge in [0.2, 0.25) is 0 Å². The first kappa shape index (κ1) is 20.9. The number of hydroxylamine groups is 1. The fraction of sp³-hybridized carbons (Fsp3) is 0.409. The van der Waals surface area contributed by atoms with Crippen molar-refractivity contribution in [3.63, 3.8) is 0 Å². The molecule has 27 heavy (non-hydrogen) atoms. The van der Waals surface area contributed by atoms with Crippen molar-refractivity contribution in [2.75, 3.05) is 31.1 Å². The maximum Gasteiger partial charge on any atom is 0.254 e. The van der Waals surface area contributed by atoms with E-state index in [4.69, 9.17) is 0 Å². The minimum atomic E-state index is -0.474. The van der Waals surface area contributed by atoms with Crippen molar-refractivity contribution < 1.29 is 10.0 Å². The van der Waals surface area contributed by atoms with E-state index in [0.29, 0.717) is 6.42 Å². The molecule has 0 radical (unpaired) electrons. The molecule has 3 N–H and O–H groups in total. The van der Waals surface area contributed by atoms with Gasteiger partial charge in [0, 0.05) is 31.9 Å². The standard InChI is InChI=1S/C20H25N3O2.C2H6/c24-20(22-25)19(16-6-4-2-1-3-5-7-16)17-8-10-18(11-9-17)23-14-12-21-13-15-23;1-2/h1-4,7-11,19,21,25H,5-6,12-15H2,(H,22,24);1-2H3/b3-1-,4-2-,16-7?;. The summed E-state index contributed by atoms with van der Waals surface area (Å²) in [6, 6.07) is 8.13. The van der Waals surface area contributed by atoms with E-state index in [2.05, 4.69) is 34.5 Å². The fourth-order valence-electron chi connectivity index (χ4n) is 3.38. The van der Waals surface area contributed by atoms with Crippen LogP contribution in [0.4, 0.5) is 5.69 Å². The van der Waals surface area contributed by atoms with Crippen LogP contribution in [0.25, 0.3) is 0 Å². The monoisotopic (exact) mass is 369 g/mol. The minimum Gasteiger partial charge on any atom is -0.369 e. The van der Waals surface area contributed by atoms with Gasteiger partial charge in [-0.15, -0.1) is 0 Å². The van der Waals surface area contributed by atoms with E-state index in [1.165, 1.54) is 5.69 Å². The molecule has 1 aliphatic heterocycles. The van der Waals surface area contributed by atoms with Crippen molar-refractivity contribution >= 4 is 11.6 Å². The normalized spacial score (nSPS) is 20.1. The number of rotatable bonds is 4. The van der Waals surface area contributed by atoms with Gasteiger partial charge in [-0.2, -0.15) is 0 Å². The lowest BCUT2D eigenvalue weighted by molar-refractivity contribution is -0.129. The number of piperazine rings is 1. The average Bonchev–Trinajstić information content (AvgIpc) is 2.72.